The smallest absolute Gasteiger partial charge is 0.191 e. The Balaban J connectivity index is 3.55. The van der Waals surface area contributed by atoms with Crippen LogP contribution in [-0.2, 0) is 18.3 Å². The van der Waals surface area contributed by atoms with Crippen molar-refractivity contribution < 1.29 is 43.9 Å². The molecule has 0 nitrogen and oxygen atoms in total. The normalized spacial score (nSPS) is 14.1. The zero-order chi connectivity index (χ0) is 19.0. The van der Waals surface area contributed by atoms with Crippen LogP contribution in [0.25, 0.3) is 0 Å². The molecule has 1 radical (unpaired) electrons. The lowest BCUT2D eigenvalue weighted by molar-refractivity contribution is -0.292. The summed E-state index contributed by atoms with van der Waals surface area (Å²) in [5.41, 5.74) is -4.56. The van der Waals surface area contributed by atoms with Crippen LogP contribution in [0.1, 0.15) is 29.5 Å². The Morgan fingerprint density at radius 3 is 1.67 bits per heavy atom. The second-order valence-corrected chi connectivity index (χ2v) is 4.97. The number of halogens is 10. The Morgan fingerprint density at radius 2 is 1.25 bits per heavy atom. The van der Waals surface area contributed by atoms with Gasteiger partial charge in [-0.25, -0.2) is 0 Å². The fourth-order valence-corrected chi connectivity index (χ4v) is 1.91. The lowest BCUT2D eigenvalue weighted by Gasteiger charge is -2.26. The van der Waals surface area contributed by atoms with Crippen molar-refractivity contribution in [1.82, 2.24) is 0 Å². The van der Waals surface area contributed by atoms with Gasteiger partial charge in [0.05, 0.1) is 0 Å². The van der Waals surface area contributed by atoms with Gasteiger partial charge in [0.2, 0.25) is 0 Å². The third kappa shape index (κ3) is 3.77. The topological polar surface area (TPSA) is 0 Å². The van der Waals surface area contributed by atoms with Crippen molar-refractivity contribution in [2.75, 3.05) is 0 Å². The molecular formula is C14H11F10. The monoisotopic (exact) mass is 369 g/mol. The van der Waals surface area contributed by atoms with Crippen LogP contribution in [-0.4, -0.2) is 12.4 Å². The Hall–Kier alpha value is -1.48. The van der Waals surface area contributed by atoms with E-state index in [9.17, 15) is 43.9 Å². The van der Waals surface area contributed by atoms with Crippen molar-refractivity contribution in [3.8, 4) is 0 Å². The number of hydrogen-bond donors (Lipinski definition) is 0. The second kappa shape index (κ2) is 6.44. The molecular weight excluding hydrogens is 358 g/mol. The Bertz CT molecular complexity index is 568. The number of unbranched alkanes of at least 4 members (excludes halogenated alkanes) is 1. The largest absolute Gasteiger partial charge is 0.458 e. The maximum atomic E-state index is 13.5. The lowest BCUT2D eigenvalue weighted by atomic mass is 9.93. The number of rotatable bonds is 5. The molecule has 0 aliphatic carbocycles. The standard InChI is InChI=1S/C14H11F10/c1-2-3-4-8-5-6-9(11(15,16)13(19,20)21)7-10(8)12(17,18)14(22,23)24/h5-7H,1-4H2. The molecule has 1 aromatic carbocycles. The highest BCUT2D eigenvalue weighted by atomic mass is 19.4. The zero-order valence-corrected chi connectivity index (χ0v) is 11.8. The summed E-state index contributed by atoms with van der Waals surface area (Å²) in [7, 11) is 0. The zero-order valence-electron chi connectivity index (χ0n) is 11.8. The highest BCUT2D eigenvalue weighted by molar-refractivity contribution is 5.38. The lowest BCUT2D eigenvalue weighted by Crippen LogP contribution is -2.37. The molecule has 1 aromatic rings. The first-order valence-corrected chi connectivity index (χ1v) is 6.48. The van der Waals surface area contributed by atoms with Crippen molar-refractivity contribution in [2.45, 2.75) is 43.5 Å². The second-order valence-electron chi connectivity index (χ2n) is 4.97. The van der Waals surface area contributed by atoms with E-state index in [0.717, 1.165) is 0 Å². The molecule has 24 heavy (non-hydrogen) atoms. The summed E-state index contributed by atoms with van der Waals surface area (Å²) in [6.07, 6.45) is -12.4. The Labute approximate surface area is 130 Å². The first-order valence-electron chi connectivity index (χ1n) is 6.48. The van der Waals surface area contributed by atoms with Crippen LogP contribution in [0, 0.1) is 6.92 Å². The molecule has 0 atom stereocenters. The van der Waals surface area contributed by atoms with Crippen LogP contribution < -0.4 is 0 Å². The summed E-state index contributed by atoms with van der Waals surface area (Å²) in [5, 5.41) is 0. The fraction of sp³-hybridized carbons (Fsp3) is 0.500. The van der Waals surface area contributed by atoms with Crippen LogP contribution >= 0.6 is 0 Å². The molecule has 0 aliphatic rings. The summed E-state index contributed by atoms with van der Waals surface area (Å²) >= 11 is 0. The van der Waals surface area contributed by atoms with Crippen molar-refractivity contribution in [3.63, 3.8) is 0 Å². The van der Waals surface area contributed by atoms with Crippen LogP contribution in [0.4, 0.5) is 43.9 Å². The maximum Gasteiger partial charge on any atom is 0.458 e. The third-order valence-electron chi connectivity index (χ3n) is 3.22. The van der Waals surface area contributed by atoms with Crippen LogP contribution in [0.15, 0.2) is 18.2 Å². The van der Waals surface area contributed by atoms with Gasteiger partial charge in [-0.15, -0.1) is 0 Å². The van der Waals surface area contributed by atoms with Gasteiger partial charge in [-0.05, 0) is 24.5 Å². The molecule has 0 aliphatic heterocycles. The number of hydrogen-bond acceptors (Lipinski definition) is 0. The average Bonchev–Trinajstić information content (AvgIpc) is 2.42. The van der Waals surface area contributed by atoms with Crippen molar-refractivity contribution >= 4 is 0 Å². The average molecular weight is 369 g/mol. The molecule has 1 rings (SSSR count). The first kappa shape index (κ1) is 20.6. The third-order valence-corrected chi connectivity index (χ3v) is 3.22. The van der Waals surface area contributed by atoms with E-state index in [0.29, 0.717) is 6.07 Å². The SMILES string of the molecule is [CH2]CCCc1ccc(C(F)(F)C(F)(F)F)cc1C(F)(F)C(F)(F)F. The number of alkyl halides is 10. The van der Waals surface area contributed by atoms with Gasteiger partial charge in [-0.1, -0.05) is 25.5 Å². The highest BCUT2D eigenvalue weighted by Crippen LogP contribution is 2.49. The van der Waals surface area contributed by atoms with E-state index in [1.165, 1.54) is 0 Å². The maximum absolute atomic E-state index is 13.5. The van der Waals surface area contributed by atoms with E-state index < -0.39 is 47.0 Å². The van der Waals surface area contributed by atoms with Gasteiger partial charge in [-0.3, -0.25) is 0 Å². The molecule has 0 bridgehead atoms. The molecule has 0 spiro atoms. The molecule has 0 saturated heterocycles. The van der Waals surface area contributed by atoms with Gasteiger partial charge in [0.1, 0.15) is 0 Å². The van der Waals surface area contributed by atoms with E-state index in [4.69, 9.17) is 0 Å². The molecule has 0 aromatic heterocycles. The fourth-order valence-electron chi connectivity index (χ4n) is 1.91. The quantitative estimate of drug-likeness (QED) is 0.546. The van der Waals surface area contributed by atoms with E-state index in [-0.39, 0.29) is 25.3 Å². The summed E-state index contributed by atoms with van der Waals surface area (Å²) in [5.74, 6) is -11.1. The van der Waals surface area contributed by atoms with Crippen LogP contribution in [0.3, 0.4) is 0 Å². The molecule has 0 saturated carbocycles. The van der Waals surface area contributed by atoms with Gasteiger partial charge in [0.25, 0.3) is 0 Å². The van der Waals surface area contributed by atoms with Crippen molar-refractivity contribution in [2.24, 2.45) is 0 Å². The van der Waals surface area contributed by atoms with Crippen molar-refractivity contribution in [1.29, 1.82) is 0 Å². The van der Waals surface area contributed by atoms with Gasteiger partial charge < -0.3 is 0 Å². The molecule has 0 fully saturated rings. The van der Waals surface area contributed by atoms with E-state index in [1.54, 1.807) is 0 Å². The minimum Gasteiger partial charge on any atom is -0.191 e. The van der Waals surface area contributed by atoms with Crippen LogP contribution in [0.5, 0.6) is 0 Å². The minimum absolute atomic E-state index is 0.0515. The summed E-state index contributed by atoms with van der Waals surface area (Å²) in [6, 6.07) is 0.195. The van der Waals surface area contributed by atoms with E-state index in [1.807, 2.05) is 0 Å². The summed E-state index contributed by atoms with van der Waals surface area (Å²) in [4.78, 5) is 0. The molecule has 0 amide bonds. The van der Waals surface area contributed by atoms with Gasteiger partial charge >= 0.3 is 24.2 Å². The summed E-state index contributed by atoms with van der Waals surface area (Å²) < 4.78 is 128. The van der Waals surface area contributed by atoms with Gasteiger partial charge in [-0.2, -0.15) is 43.9 Å². The number of aryl methyl sites for hydroxylation is 1. The van der Waals surface area contributed by atoms with E-state index in [2.05, 4.69) is 6.92 Å². The van der Waals surface area contributed by atoms with Crippen LogP contribution in [0.2, 0.25) is 0 Å². The molecule has 0 unspecified atom stereocenters. The first-order chi connectivity index (χ1) is 10.7. The number of benzene rings is 1. The highest BCUT2D eigenvalue weighted by Gasteiger charge is 2.62. The Morgan fingerprint density at radius 1 is 0.750 bits per heavy atom. The van der Waals surface area contributed by atoms with Gasteiger partial charge in [0.15, 0.2) is 0 Å². The summed E-state index contributed by atoms with van der Waals surface area (Å²) in [6.45, 7) is 3.35. The predicted octanol–water partition coefficient (Wildman–Crippen LogP) is 6.15. The van der Waals surface area contributed by atoms with Gasteiger partial charge in [0, 0.05) is 11.1 Å². The minimum atomic E-state index is -6.14. The van der Waals surface area contributed by atoms with E-state index >= 15 is 0 Å². The predicted molar refractivity (Wildman–Crippen MR) is 64.6 cm³/mol. The van der Waals surface area contributed by atoms with Crippen molar-refractivity contribution in [3.05, 3.63) is 41.8 Å². The Kier molecular flexibility index (Phi) is 5.52. The molecule has 137 valence electrons. The molecule has 10 heteroatoms. The molecule has 0 heterocycles. The molecule has 0 N–H and O–H groups in total.